The van der Waals surface area contributed by atoms with Gasteiger partial charge in [-0.15, -0.1) is 0 Å². The summed E-state index contributed by atoms with van der Waals surface area (Å²) in [5.41, 5.74) is 3.90. The van der Waals surface area contributed by atoms with Gasteiger partial charge in [-0.05, 0) is 48.7 Å². The maximum absolute atomic E-state index is 13.0. The maximum Gasteiger partial charge on any atom is 0.240 e. The van der Waals surface area contributed by atoms with Crippen LogP contribution in [-0.2, 0) is 14.8 Å². The summed E-state index contributed by atoms with van der Waals surface area (Å²) in [6.07, 6.45) is 0. The summed E-state index contributed by atoms with van der Waals surface area (Å²) in [5, 5.41) is 0. The molecule has 1 aliphatic rings. The lowest BCUT2D eigenvalue weighted by Gasteiger charge is -2.35. The number of nitrogens with zero attached hydrogens (tertiary/aromatic N) is 2. The molecule has 1 saturated heterocycles. The number of benzene rings is 2. The van der Waals surface area contributed by atoms with Crippen molar-refractivity contribution in [1.82, 2.24) is 9.62 Å². The van der Waals surface area contributed by atoms with Gasteiger partial charge in [0.1, 0.15) is 0 Å². The van der Waals surface area contributed by atoms with Crippen LogP contribution in [0, 0.1) is 13.8 Å². The predicted molar refractivity (Wildman–Crippen MR) is 117 cm³/mol. The SMILES string of the molecule is Cc1ccc(C)c(S(=O)(=O)NCC(c2ccc(N(C)C)cc2)N2CCOCC2)c1. The van der Waals surface area contributed by atoms with Crippen LogP contribution in [0.1, 0.15) is 22.7 Å². The molecule has 3 rings (SSSR count). The van der Waals surface area contributed by atoms with Gasteiger partial charge in [0.25, 0.3) is 0 Å². The van der Waals surface area contributed by atoms with Crippen molar-refractivity contribution >= 4 is 15.7 Å². The number of ether oxygens (including phenoxy) is 1. The molecule has 6 nitrogen and oxygen atoms in total. The molecule has 1 aliphatic heterocycles. The number of hydrogen-bond donors (Lipinski definition) is 1. The first-order chi connectivity index (χ1) is 13.8. The lowest BCUT2D eigenvalue weighted by molar-refractivity contribution is 0.0172. The number of anilines is 1. The van der Waals surface area contributed by atoms with Gasteiger partial charge in [0.15, 0.2) is 0 Å². The Balaban J connectivity index is 1.84. The van der Waals surface area contributed by atoms with E-state index in [2.05, 4.69) is 38.8 Å². The van der Waals surface area contributed by atoms with E-state index in [9.17, 15) is 8.42 Å². The molecule has 29 heavy (non-hydrogen) atoms. The molecule has 1 atom stereocenters. The lowest BCUT2D eigenvalue weighted by atomic mass is 10.0. The minimum atomic E-state index is -3.59. The molecular formula is C22H31N3O3S. The van der Waals surface area contributed by atoms with Crippen molar-refractivity contribution in [3.8, 4) is 0 Å². The summed E-state index contributed by atoms with van der Waals surface area (Å²) >= 11 is 0. The molecule has 0 radical (unpaired) electrons. The van der Waals surface area contributed by atoms with E-state index in [0.717, 1.165) is 35.5 Å². The van der Waals surface area contributed by atoms with Gasteiger partial charge in [-0.1, -0.05) is 24.3 Å². The van der Waals surface area contributed by atoms with Crippen LogP contribution >= 0.6 is 0 Å². The maximum atomic E-state index is 13.0. The lowest BCUT2D eigenvalue weighted by Crippen LogP contribution is -2.43. The highest BCUT2D eigenvalue weighted by Crippen LogP contribution is 2.25. The quantitative estimate of drug-likeness (QED) is 0.751. The smallest absolute Gasteiger partial charge is 0.240 e. The van der Waals surface area contributed by atoms with E-state index in [0.29, 0.717) is 24.7 Å². The molecule has 0 aromatic heterocycles. The van der Waals surface area contributed by atoms with Crippen LogP contribution < -0.4 is 9.62 Å². The van der Waals surface area contributed by atoms with Crippen LogP contribution in [0.25, 0.3) is 0 Å². The van der Waals surface area contributed by atoms with Crippen LogP contribution in [0.15, 0.2) is 47.4 Å². The highest BCUT2D eigenvalue weighted by molar-refractivity contribution is 7.89. The number of hydrogen-bond acceptors (Lipinski definition) is 5. The number of nitrogens with one attached hydrogen (secondary N) is 1. The van der Waals surface area contributed by atoms with Crippen LogP contribution in [0.2, 0.25) is 0 Å². The molecule has 7 heteroatoms. The second kappa shape index (κ2) is 9.26. The van der Waals surface area contributed by atoms with Gasteiger partial charge in [-0.2, -0.15) is 0 Å². The fourth-order valence-corrected chi connectivity index (χ4v) is 4.97. The van der Waals surface area contributed by atoms with Gasteiger partial charge in [0.05, 0.1) is 18.1 Å². The van der Waals surface area contributed by atoms with Crippen molar-refractivity contribution in [2.24, 2.45) is 0 Å². The largest absolute Gasteiger partial charge is 0.379 e. The summed E-state index contributed by atoms with van der Waals surface area (Å²) in [4.78, 5) is 4.69. The normalized spacial score (nSPS) is 16.6. The summed E-state index contributed by atoms with van der Waals surface area (Å²) < 4.78 is 34.4. The van der Waals surface area contributed by atoms with Crippen molar-refractivity contribution in [2.45, 2.75) is 24.8 Å². The molecule has 0 bridgehead atoms. The molecule has 0 spiro atoms. The van der Waals surface area contributed by atoms with E-state index in [-0.39, 0.29) is 6.04 Å². The molecule has 2 aromatic rings. The van der Waals surface area contributed by atoms with Gasteiger partial charge >= 0.3 is 0 Å². The highest BCUT2D eigenvalue weighted by Gasteiger charge is 2.26. The minimum absolute atomic E-state index is 0.0463. The van der Waals surface area contributed by atoms with Crippen LogP contribution in [-0.4, -0.2) is 60.3 Å². The Morgan fingerprint density at radius 1 is 1.07 bits per heavy atom. The number of rotatable bonds is 7. The topological polar surface area (TPSA) is 61.9 Å². The molecule has 1 unspecified atom stereocenters. The zero-order valence-corrected chi connectivity index (χ0v) is 18.5. The van der Waals surface area contributed by atoms with Crippen LogP contribution in [0.5, 0.6) is 0 Å². The van der Waals surface area contributed by atoms with Crippen LogP contribution in [0.4, 0.5) is 5.69 Å². The zero-order chi connectivity index (χ0) is 21.0. The third-order valence-corrected chi connectivity index (χ3v) is 6.95. The third kappa shape index (κ3) is 5.36. The number of aryl methyl sites for hydroxylation is 2. The fraction of sp³-hybridized carbons (Fsp3) is 0.455. The third-order valence-electron chi connectivity index (χ3n) is 5.38. The average molecular weight is 418 g/mol. The average Bonchev–Trinajstić information content (AvgIpc) is 2.71. The molecular weight excluding hydrogens is 386 g/mol. The number of morpholine rings is 1. The molecule has 0 saturated carbocycles. The van der Waals surface area contributed by atoms with Gasteiger partial charge in [-0.25, -0.2) is 13.1 Å². The monoisotopic (exact) mass is 417 g/mol. The van der Waals surface area contributed by atoms with Crippen molar-refractivity contribution in [2.75, 3.05) is 51.8 Å². The Kier molecular flexibility index (Phi) is 6.95. The zero-order valence-electron chi connectivity index (χ0n) is 17.7. The summed E-state index contributed by atoms with van der Waals surface area (Å²) in [6.45, 7) is 6.94. The first-order valence-electron chi connectivity index (χ1n) is 9.94. The first kappa shape index (κ1) is 21.8. The van der Waals surface area contributed by atoms with Crippen molar-refractivity contribution in [3.63, 3.8) is 0 Å². The predicted octanol–water partition coefficient (Wildman–Crippen LogP) is 2.72. The Labute approximate surface area is 174 Å². The molecule has 0 amide bonds. The Morgan fingerprint density at radius 3 is 2.34 bits per heavy atom. The van der Waals surface area contributed by atoms with E-state index in [1.54, 1.807) is 6.07 Å². The molecule has 158 valence electrons. The molecule has 0 aliphatic carbocycles. The summed E-state index contributed by atoms with van der Waals surface area (Å²) in [6, 6.07) is 13.8. The van der Waals surface area contributed by atoms with E-state index < -0.39 is 10.0 Å². The fourth-order valence-electron chi connectivity index (χ4n) is 3.60. The van der Waals surface area contributed by atoms with Crippen LogP contribution in [0.3, 0.4) is 0 Å². The second-order valence-electron chi connectivity index (χ2n) is 7.77. The Bertz CT molecular complexity index is 921. The summed E-state index contributed by atoms with van der Waals surface area (Å²) in [7, 11) is 0.421. The molecule has 1 N–H and O–H groups in total. The van der Waals surface area contributed by atoms with Crippen molar-refractivity contribution in [3.05, 3.63) is 59.2 Å². The van der Waals surface area contributed by atoms with E-state index in [1.807, 2.05) is 40.1 Å². The van der Waals surface area contributed by atoms with Gasteiger partial charge in [-0.3, -0.25) is 4.90 Å². The van der Waals surface area contributed by atoms with Gasteiger partial charge in [0.2, 0.25) is 10.0 Å². The Hall–Kier alpha value is -1.93. The van der Waals surface area contributed by atoms with Crippen molar-refractivity contribution < 1.29 is 13.2 Å². The molecule has 1 fully saturated rings. The standard InChI is InChI=1S/C22H31N3O3S/c1-17-5-6-18(2)22(15-17)29(26,27)23-16-21(25-11-13-28-14-12-25)19-7-9-20(10-8-19)24(3)4/h5-10,15,21,23H,11-14,16H2,1-4H3. The Morgan fingerprint density at radius 2 is 1.72 bits per heavy atom. The highest BCUT2D eigenvalue weighted by atomic mass is 32.2. The van der Waals surface area contributed by atoms with E-state index >= 15 is 0 Å². The van der Waals surface area contributed by atoms with E-state index in [4.69, 9.17) is 4.74 Å². The second-order valence-corrected chi connectivity index (χ2v) is 9.51. The van der Waals surface area contributed by atoms with Gasteiger partial charge in [0, 0.05) is 45.5 Å². The van der Waals surface area contributed by atoms with Gasteiger partial charge < -0.3 is 9.64 Å². The minimum Gasteiger partial charge on any atom is -0.379 e. The summed E-state index contributed by atoms with van der Waals surface area (Å²) in [5.74, 6) is 0. The van der Waals surface area contributed by atoms with E-state index in [1.165, 1.54) is 0 Å². The number of sulfonamides is 1. The molecule has 1 heterocycles. The molecule has 2 aromatic carbocycles. The first-order valence-corrected chi connectivity index (χ1v) is 11.4. The van der Waals surface area contributed by atoms with Crippen molar-refractivity contribution in [1.29, 1.82) is 0 Å².